The van der Waals surface area contributed by atoms with Crippen LogP contribution in [-0.4, -0.2) is 70.6 Å². The molecular weight excluding hydrogens is 394 g/mol. The number of benzene rings is 1. The highest BCUT2D eigenvalue weighted by Gasteiger charge is 2.34. The van der Waals surface area contributed by atoms with E-state index in [4.69, 9.17) is 4.74 Å². The molecule has 0 saturated carbocycles. The van der Waals surface area contributed by atoms with Crippen LogP contribution in [0.25, 0.3) is 11.1 Å². The number of rotatable bonds is 5. The lowest BCUT2D eigenvalue weighted by molar-refractivity contribution is -0.129. The fourth-order valence-electron chi connectivity index (χ4n) is 3.76. The minimum absolute atomic E-state index is 0.0578. The molecule has 0 spiro atoms. The highest BCUT2D eigenvalue weighted by Crippen LogP contribution is 2.31. The molecule has 0 saturated heterocycles. The second-order valence-corrected chi connectivity index (χ2v) is 8.41. The van der Waals surface area contributed by atoms with Crippen molar-refractivity contribution in [2.45, 2.75) is 39.8 Å². The van der Waals surface area contributed by atoms with E-state index in [-0.39, 0.29) is 42.4 Å². The van der Waals surface area contributed by atoms with Crippen molar-refractivity contribution in [1.82, 2.24) is 14.8 Å². The lowest BCUT2D eigenvalue weighted by atomic mass is 9.98. The van der Waals surface area contributed by atoms with Crippen LogP contribution in [0.5, 0.6) is 5.88 Å². The van der Waals surface area contributed by atoms with Gasteiger partial charge in [-0.1, -0.05) is 31.2 Å². The van der Waals surface area contributed by atoms with Crippen molar-refractivity contribution < 1.29 is 19.4 Å². The number of likely N-dealkylation sites (N-methyl/N-ethyl adjacent to an activating group) is 1. The van der Waals surface area contributed by atoms with Crippen LogP contribution in [0.3, 0.4) is 0 Å². The van der Waals surface area contributed by atoms with Crippen molar-refractivity contribution in [3.05, 3.63) is 47.7 Å². The average molecular weight is 426 g/mol. The van der Waals surface area contributed by atoms with Crippen molar-refractivity contribution in [1.29, 1.82) is 0 Å². The molecule has 2 amide bonds. The van der Waals surface area contributed by atoms with E-state index in [0.29, 0.717) is 18.7 Å². The van der Waals surface area contributed by atoms with Crippen molar-refractivity contribution in [3.63, 3.8) is 0 Å². The molecule has 1 aromatic carbocycles. The van der Waals surface area contributed by atoms with Gasteiger partial charge in [0.05, 0.1) is 19.2 Å². The van der Waals surface area contributed by atoms with Gasteiger partial charge in [-0.05, 0) is 31.0 Å². The smallest absolute Gasteiger partial charge is 0.259 e. The number of aliphatic hydroxyl groups is 1. The van der Waals surface area contributed by atoms with Gasteiger partial charge in [-0.25, -0.2) is 4.98 Å². The molecule has 1 aliphatic rings. The Morgan fingerprint density at radius 3 is 2.71 bits per heavy atom. The molecule has 0 radical (unpaired) electrons. The first-order chi connectivity index (χ1) is 14.7. The third-order valence-corrected chi connectivity index (χ3v) is 5.97. The number of hydrogen-bond acceptors (Lipinski definition) is 5. The predicted molar refractivity (Wildman–Crippen MR) is 119 cm³/mol. The Bertz CT molecular complexity index is 962. The molecule has 7 heteroatoms. The Hall–Kier alpha value is -2.93. The maximum atomic E-state index is 13.5. The van der Waals surface area contributed by atoms with Crippen LogP contribution in [0.1, 0.15) is 36.7 Å². The Morgan fingerprint density at radius 1 is 1.35 bits per heavy atom. The lowest BCUT2D eigenvalue weighted by Gasteiger charge is -2.37. The van der Waals surface area contributed by atoms with Gasteiger partial charge in [-0.15, -0.1) is 0 Å². The number of amides is 2. The van der Waals surface area contributed by atoms with Crippen LogP contribution in [0, 0.1) is 12.8 Å². The Labute approximate surface area is 183 Å². The van der Waals surface area contributed by atoms with E-state index in [9.17, 15) is 14.7 Å². The number of aryl methyl sites for hydroxylation is 1. The third kappa shape index (κ3) is 4.88. The van der Waals surface area contributed by atoms with E-state index in [1.165, 1.54) is 6.92 Å². The number of pyridine rings is 1. The van der Waals surface area contributed by atoms with Gasteiger partial charge in [0.1, 0.15) is 11.7 Å². The molecular formula is C24H31N3O4. The largest absolute Gasteiger partial charge is 0.472 e. The molecule has 0 fully saturated rings. The van der Waals surface area contributed by atoms with Crippen molar-refractivity contribution in [3.8, 4) is 17.0 Å². The summed E-state index contributed by atoms with van der Waals surface area (Å²) in [7, 11) is 1.73. The summed E-state index contributed by atoms with van der Waals surface area (Å²) in [5.41, 5.74) is 3.27. The van der Waals surface area contributed by atoms with Crippen molar-refractivity contribution in [2.24, 2.45) is 5.92 Å². The van der Waals surface area contributed by atoms with E-state index < -0.39 is 0 Å². The molecule has 0 unspecified atom stereocenters. The molecule has 3 rings (SSSR count). The number of fused-ring (bicyclic) bond motifs is 1. The van der Waals surface area contributed by atoms with Gasteiger partial charge in [0.25, 0.3) is 5.91 Å². The molecule has 1 aromatic heterocycles. The van der Waals surface area contributed by atoms with E-state index in [0.717, 1.165) is 16.7 Å². The van der Waals surface area contributed by atoms with Crippen LogP contribution in [0.4, 0.5) is 0 Å². The van der Waals surface area contributed by atoms with Gasteiger partial charge < -0.3 is 19.6 Å². The lowest BCUT2D eigenvalue weighted by Crippen LogP contribution is -2.50. The molecule has 0 bridgehead atoms. The average Bonchev–Trinajstić information content (AvgIpc) is 2.75. The molecule has 1 N–H and O–H groups in total. The first-order valence-corrected chi connectivity index (χ1v) is 10.6. The zero-order valence-electron chi connectivity index (χ0n) is 18.8. The first-order valence-electron chi connectivity index (χ1n) is 10.6. The van der Waals surface area contributed by atoms with Gasteiger partial charge in [0, 0.05) is 38.2 Å². The number of carbonyl (C=O) groups excluding carboxylic acids is 2. The summed E-state index contributed by atoms with van der Waals surface area (Å²) in [6, 6.07) is 9.39. The molecule has 1 aliphatic heterocycles. The third-order valence-electron chi connectivity index (χ3n) is 5.97. The van der Waals surface area contributed by atoms with Crippen LogP contribution in [0.15, 0.2) is 36.5 Å². The second kappa shape index (κ2) is 9.47. The van der Waals surface area contributed by atoms with E-state index in [1.54, 1.807) is 23.0 Å². The van der Waals surface area contributed by atoms with Gasteiger partial charge in [0.2, 0.25) is 11.8 Å². The van der Waals surface area contributed by atoms with Gasteiger partial charge in [-0.3, -0.25) is 9.59 Å². The Balaban J connectivity index is 2.07. The zero-order chi connectivity index (χ0) is 22.7. The van der Waals surface area contributed by atoms with Crippen LogP contribution < -0.4 is 4.74 Å². The predicted octanol–water partition coefficient (Wildman–Crippen LogP) is 2.76. The van der Waals surface area contributed by atoms with E-state index in [2.05, 4.69) is 4.98 Å². The number of ether oxygens (including phenoxy) is 1. The summed E-state index contributed by atoms with van der Waals surface area (Å²) in [5.74, 6) is -0.0842. The second-order valence-electron chi connectivity index (χ2n) is 8.41. The highest BCUT2D eigenvalue weighted by molar-refractivity contribution is 5.98. The standard InChI is InChI=1S/C24H31N3O4/c1-15-8-6-7-9-20(15)19-10-21-23(25-11-19)31-22(13-26(5)18(4)29)16(2)12-27(24(21)30)17(3)14-28/h6-11,16-17,22,28H,12-14H2,1-5H3/t16-,17+,22-/m1/s1. The van der Waals surface area contributed by atoms with Crippen LogP contribution >= 0.6 is 0 Å². The summed E-state index contributed by atoms with van der Waals surface area (Å²) >= 11 is 0. The number of aromatic nitrogens is 1. The fraction of sp³-hybridized carbons (Fsp3) is 0.458. The minimum atomic E-state index is -0.353. The summed E-state index contributed by atoms with van der Waals surface area (Å²) in [6.07, 6.45) is 1.37. The summed E-state index contributed by atoms with van der Waals surface area (Å²) < 4.78 is 6.21. The van der Waals surface area contributed by atoms with Crippen LogP contribution in [0.2, 0.25) is 0 Å². The van der Waals surface area contributed by atoms with Crippen molar-refractivity contribution in [2.75, 3.05) is 26.7 Å². The quantitative estimate of drug-likeness (QED) is 0.797. The molecule has 2 aromatic rings. The number of carbonyl (C=O) groups is 2. The highest BCUT2D eigenvalue weighted by atomic mass is 16.5. The SMILES string of the molecule is CC(=O)N(C)C[C@H]1Oc2ncc(-c3ccccc3C)cc2C(=O)N([C@@H](C)CO)C[C@H]1C. The molecule has 31 heavy (non-hydrogen) atoms. The Morgan fingerprint density at radius 2 is 2.06 bits per heavy atom. The Kier molecular flexibility index (Phi) is 6.95. The molecule has 2 heterocycles. The molecule has 3 atom stereocenters. The van der Waals surface area contributed by atoms with Gasteiger partial charge >= 0.3 is 0 Å². The zero-order valence-corrected chi connectivity index (χ0v) is 18.8. The van der Waals surface area contributed by atoms with Gasteiger partial charge in [-0.2, -0.15) is 0 Å². The number of nitrogens with zero attached hydrogens (tertiary/aromatic N) is 3. The van der Waals surface area contributed by atoms with E-state index in [1.807, 2.05) is 51.1 Å². The summed E-state index contributed by atoms with van der Waals surface area (Å²) in [6.45, 7) is 7.98. The van der Waals surface area contributed by atoms with Crippen molar-refractivity contribution >= 4 is 11.8 Å². The van der Waals surface area contributed by atoms with Crippen LogP contribution in [-0.2, 0) is 4.79 Å². The maximum absolute atomic E-state index is 13.5. The topological polar surface area (TPSA) is 83.0 Å². The molecule has 7 nitrogen and oxygen atoms in total. The number of aliphatic hydroxyl groups excluding tert-OH is 1. The minimum Gasteiger partial charge on any atom is -0.472 e. The van der Waals surface area contributed by atoms with Gasteiger partial charge in [0.15, 0.2) is 0 Å². The molecule has 0 aliphatic carbocycles. The monoisotopic (exact) mass is 425 g/mol. The molecule has 166 valence electrons. The summed E-state index contributed by atoms with van der Waals surface area (Å²) in [4.78, 5) is 33.0. The van der Waals surface area contributed by atoms with E-state index >= 15 is 0 Å². The number of hydrogen-bond donors (Lipinski definition) is 1. The first kappa shape index (κ1) is 22.7. The summed E-state index contributed by atoms with van der Waals surface area (Å²) in [5, 5.41) is 9.76. The maximum Gasteiger partial charge on any atom is 0.259 e. The fourth-order valence-corrected chi connectivity index (χ4v) is 3.76. The normalized spacial score (nSPS) is 19.7.